The number of para-hydroxylation sites is 4. The molecule has 11 aromatic rings. The summed E-state index contributed by atoms with van der Waals surface area (Å²) in [4.78, 5) is 0. The predicted octanol–water partition coefficient (Wildman–Crippen LogP) is 13.3. The molecular formula is C48H29NO2. The Labute approximate surface area is 292 Å². The number of furan rings is 2. The molecule has 0 aliphatic rings. The molecule has 0 fully saturated rings. The van der Waals surface area contributed by atoms with Crippen molar-refractivity contribution in [2.75, 3.05) is 0 Å². The highest BCUT2D eigenvalue weighted by atomic mass is 16.3. The highest BCUT2D eigenvalue weighted by Gasteiger charge is 2.22. The van der Waals surface area contributed by atoms with Crippen molar-refractivity contribution in [1.29, 1.82) is 0 Å². The number of nitrogens with zero attached hydrogens (tertiary/aromatic N) is 1. The van der Waals surface area contributed by atoms with E-state index in [0.29, 0.717) is 0 Å². The molecule has 0 saturated carbocycles. The first kappa shape index (κ1) is 28.0. The normalized spacial score (nSPS) is 12.4. The van der Waals surface area contributed by atoms with E-state index in [4.69, 9.17) is 8.83 Å². The molecule has 0 atom stereocenters. The van der Waals surface area contributed by atoms with Crippen LogP contribution in [0.5, 0.6) is 0 Å². The van der Waals surface area contributed by atoms with E-state index in [1.54, 1.807) is 0 Å². The molecule has 11 rings (SSSR count). The zero-order valence-corrected chi connectivity index (χ0v) is 27.5. The molecular weight excluding hydrogens is 623 g/mol. The molecule has 51 heavy (non-hydrogen) atoms. The molecule has 3 nitrogen and oxygen atoms in total. The summed E-state index contributed by atoms with van der Waals surface area (Å²) in [5.41, 5.74) is 11.5. The molecule has 0 aliphatic carbocycles. The summed E-state index contributed by atoms with van der Waals surface area (Å²) in [6.45, 7) is 0. The second kappa shape index (κ2) is 10.8. The van der Waals surface area contributed by atoms with Gasteiger partial charge in [0.15, 0.2) is 0 Å². The second-order valence-corrected chi connectivity index (χ2v) is 13.2. The number of hydrogen-bond acceptors (Lipinski definition) is 2. The third kappa shape index (κ3) is 4.12. The Morgan fingerprint density at radius 1 is 0.431 bits per heavy atom. The minimum Gasteiger partial charge on any atom is -0.456 e. The maximum Gasteiger partial charge on any atom is 0.143 e. The van der Waals surface area contributed by atoms with E-state index in [1.165, 1.54) is 21.7 Å². The molecule has 0 amide bonds. The van der Waals surface area contributed by atoms with Crippen LogP contribution in [0.1, 0.15) is 16.7 Å². The zero-order chi connectivity index (χ0) is 33.5. The van der Waals surface area contributed by atoms with Crippen molar-refractivity contribution in [3.05, 3.63) is 187 Å². The Bertz CT molecular complexity index is 3190. The van der Waals surface area contributed by atoms with Crippen molar-refractivity contribution >= 4 is 88.1 Å². The molecule has 0 bridgehead atoms. The van der Waals surface area contributed by atoms with E-state index in [1.807, 2.05) is 6.07 Å². The van der Waals surface area contributed by atoms with Crippen molar-refractivity contribution in [1.82, 2.24) is 4.57 Å². The van der Waals surface area contributed by atoms with Gasteiger partial charge in [0.2, 0.25) is 0 Å². The van der Waals surface area contributed by atoms with Crippen molar-refractivity contribution < 1.29 is 8.83 Å². The van der Waals surface area contributed by atoms with Gasteiger partial charge in [-0.25, -0.2) is 0 Å². The standard InChI is InChI=1S/C48H29NO2/c1-2-15-32(16-3-1)49-41-23-8-6-18-34(41)36-21-11-22-37(47(36)49)40(35-20-12-26-44-46(35)38-19-7-9-24-42(38)50-44)29-31-14-10-25-43-45(31)39-28-27-30-13-4-5-17-33(30)48(39)51-43/h1-29H. The van der Waals surface area contributed by atoms with Gasteiger partial charge in [0.1, 0.15) is 22.3 Å². The van der Waals surface area contributed by atoms with Crippen LogP contribution in [-0.4, -0.2) is 4.57 Å². The van der Waals surface area contributed by atoms with Crippen LogP contribution in [0.15, 0.2) is 179 Å². The van der Waals surface area contributed by atoms with Crippen LogP contribution in [-0.2, 0) is 0 Å². The fraction of sp³-hybridized carbons (Fsp3) is 0. The Kier molecular flexibility index (Phi) is 5.96. The Morgan fingerprint density at radius 3 is 2.00 bits per heavy atom. The van der Waals surface area contributed by atoms with Gasteiger partial charge in [0, 0.05) is 49.0 Å². The maximum absolute atomic E-state index is 6.65. The SMILES string of the molecule is C(=C(c1cccc2oc3ccccc3c12)c1cccc2c3ccccc3n(-c3ccccc3)c12)c1cccc2oc3c4ccccc4ccc3c12. The topological polar surface area (TPSA) is 31.2 Å². The number of aromatic nitrogens is 1. The van der Waals surface area contributed by atoms with Crippen LogP contribution >= 0.6 is 0 Å². The largest absolute Gasteiger partial charge is 0.456 e. The van der Waals surface area contributed by atoms with Crippen LogP contribution in [0.3, 0.4) is 0 Å². The smallest absolute Gasteiger partial charge is 0.143 e. The lowest BCUT2D eigenvalue weighted by molar-refractivity contribution is 0.669. The van der Waals surface area contributed by atoms with E-state index >= 15 is 0 Å². The number of benzene rings is 8. The lowest BCUT2D eigenvalue weighted by Crippen LogP contribution is -1.98. The molecule has 0 aliphatic heterocycles. The average Bonchev–Trinajstić information content (AvgIpc) is 3.88. The van der Waals surface area contributed by atoms with Gasteiger partial charge < -0.3 is 13.4 Å². The zero-order valence-electron chi connectivity index (χ0n) is 27.5. The second-order valence-electron chi connectivity index (χ2n) is 13.2. The Morgan fingerprint density at radius 2 is 1.10 bits per heavy atom. The molecule has 3 heteroatoms. The molecule has 3 aromatic heterocycles. The van der Waals surface area contributed by atoms with Gasteiger partial charge >= 0.3 is 0 Å². The minimum atomic E-state index is 0.869. The first-order valence-corrected chi connectivity index (χ1v) is 17.4. The lowest BCUT2D eigenvalue weighted by Gasteiger charge is -2.16. The number of rotatable bonds is 4. The summed E-state index contributed by atoms with van der Waals surface area (Å²) in [6.07, 6.45) is 2.37. The first-order chi connectivity index (χ1) is 25.3. The maximum atomic E-state index is 6.65. The van der Waals surface area contributed by atoms with Gasteiger partial charge in [0.25, 0.3) is 0 Å². The van der Waals surface area contributed by atoms with Gasteiger partial charge in [-0.05, 0) is 70.6 Å². The quantitative estimate of drug-likeness (QED) is 0.177. The monoisotopic (exact) mass is 651 g/mol. The number of hydrogen-bond donors (Lipinski definition) is 0. The van der Waals surface area contributed by atoms with Crippen LogP contribution < -0.4 is 0 Å². The van der Waals surface area contributed by atoms with Crippen LogP contribution in [0.25, 0.3) is 93.8 Å². The average molecular weight is 652 g/mol. The Hall–Kier alpha value is -6.84. The lowest BCUT2D eigenvalue weighted by atomic mass is 9.90. The number of fused-ring (bicyclic) bond motifs is 11. The van der Waals surface area contributed by atoms with Crippen LogP contribution in [0.2, 0.25) is 0 Å². The first-order valence-electron chi connectivity index (χ1n) is 17.4. The molecule has 0 unspecified atom stereocenters. The molecule has 0 saturated heterocycles. The predicted molar refractivity (Wildman–Crippen MR) is 213 cm³/mol. The molecule has 0 radical (unpaired) electrons. The molecule has 3 heterocycles. The van der Waals surface area contributed by atoms with Gasteiger partial charge in [-0.2, -0.15) is 0 Å². The summed E-state index contributed by atoms with van der Waals surface area (Å²) in [6, 6.07) is 60.2. The summed E-state index contributed by atoms with van der Waals surface area (Å²) < 4.78 is 15.5. The summed E-state index contributed by atoms with van der Waals surface area (Å²) in [5.74, 6) is 0. The van der Waals surface area contributed by atoms with Crippen molar-refractivity contribution in [2.24, 2.45) is 0 Å². The van der Waals surface area contributed by atoms with Gasteiger partial charge in [-0.1, -0.05) is 127 Å². The molecule has 238 valence electrons. The van der Waals surface area contributed by atoms with Crippen LogP contribution in [0, 0.1) is 0 Å². The van der Waals surface area contributed by atoms with Crippen molar-refractivity contribution in [2.45, 2.75) is 0 Å². The Balaban J connectivity index is 1.30. The summed E-state index contributed by atoms with van der Waals surface area (Å²) in [7, 11) is 0. The third-order valence-electron chi connectivity index (χ3n) is 10.4. The molecule has 8 aromatic carbocycles. The van der Waals surface area contributed by atoms with E-state index in [2.05, 4.69) is 174 Å². The van der Waals surface area contributed by atoms with Gasteiger partial charge in [-0.15, -0.1) is 0 Å². The van der Waals surface area contributed by atoms with E-state index < -0.39 is 0 Å². The fourth-order valence-electron chi connectivity index (χ4n) is 8.24. The van der Waals surface area contributed by atoms with Crippen molar-refractivity contribution in [3.63, 3.8) is 0 Å². The fourth-order valence-corrected chi connectivity index (χ4v) is 8.24. The molecule has 0 spiro atoms. The minimum absolute atomic E-state index is 0.869. The van der Waals surface area contributed by atoms with Crippen LogP contribution in [0.4, 0.5) is 0 Å². The van der Waals surface area contributed by atoms with E-state index in [0.717, 1.165) is 82.7 Å². The van der Waals surface area contributed by atoms with Gasteiger partial charge in [0.05, 0.1) is 11.0 Å². The van der Waals surface area contributed by atoms with E-state index in [-0.39, 0.29) is 0 Å². The molecule has 0 N–H and O–H groups in total. The van der Waals surface area contributed by atoms with Crippen molar-refractivity contribution in [3.8, 4) is 5.69 Å². The van der Waals surface area contributed by atoms with E-state index in [9.17, 15) is 0 Å². The highest BCUT2D eigenvalue weighted by Crippen LogP contribution is 2.44. The summed E-state index contributed by atoms with van der Waals surface area (Å²) >= 11 is 0. The third-order valence-corrected chi connectivity index (χ3v) is 10.4. The summed E-state index contributed by atoms with van der Waals surface area (Å²) in [5, 5.41) is 9.14. The highest BCUT2D eigenvalue weighted by molar-refractivity contribution is 6.21. The van der Waals surface area contributed by atoms with Gasteiger partial charge in [-0.3, -0.25) is 0 Å².